The van der Waals surface area contributed by atoms with E-state index in [1.54, 1.807) is 0 Å². The van der Waals surface area contributed by atoms with E-state index in [9.17, 15) is 0 Å². The number of allylic oxidation sites excluding steroid dienone is 9. The largest absolute Gasteiger partial charge is 0.0991 e. The lowest BCUT2D eigenvalue weighted by atomic mass is 9.91. The summed E-state index contributed by atoms with van der Waals surface area (Å²) >= 11 is 2.53. The van der Waals surface area contributed by atoms with Crippen molar-refractivity contribution in [2.45, 2.75) is 33.1 Å². The average Bonchev–Trinajstić information content (AvgIpc) is 2.80. The van der Waals surface area contributed by atoms with Gasteiger partial charge in [0.05, 0.1) is 0 Å². The van der Waals surface area contributed by atoms with E-state index in [-0.39, 0.29) is 0 Å². The molecule has 0 saturated heterocycles. The Bertz CT molecular complexity index is 1250. The van der Waals surface area contributed by atoms with Crippen LogP contribution in [0.2, 0.25) is 0 Å². The Morgan fingerprint density at radius 2 is 1.83 bits per heavy atom. The van der Waals surface area contributed by atoms with Crippen LogP contribution >= 0.6 is 22.6 Å². The Balaban J connectivity index is 1.89. The van der Waals surface area contributed by atoms with Gasteiger partial charge < -0.3 is 0 Å². The molecule has 0 atom stereocenters. The third-order valence-corrected chi connectivity index (χ3v) is 7.11. The van der Waals surface area contributed by atoms with Gasteiger partial charge in [-0.15, -0.1) is 0 Å². The molecule has 0 fully saturated rings. The fraction of sp³-hybridized carbons (Fsp3) is 0.172. The maximum Gasteiger partial charge on any atom is 0.0287 e. The molecular weight excluding hydrogens is 475 g/mol. The van der Waals surface area contributed by atoms with Crippen molar-refractivity contribution in [3.05, 3.63) is 106 Å². The SMILES string of the molecule is C=C/C=C\C=C(/CC)c1ccc2c(C)c3cc(C4=CCCC=C4)ccc3c(I)c2c1. The molecule has 0 heterocycles. The number of halogens is 1. The van der Waals surface area contributed by atoms with E-state index >= 15 is 0 Å². The Labute approximate surface area is 193 Å². The lowest BCUT2D eigenvalue weighted by Crippen LogP contribution is -1.93. The van der Waals surface area contributed by atoms with E-state index in [0.29, 0.717) is 0 Å². The molecule has 0 unspecified atom stereocenters. The second-order valence-electron chi connectivity index (χ2n) is 7.76. The summed E-state index contributed by atoms with van der Waals surface area (Å²) < 4.78 is 1.34. The second kappa shape index (κ2) is 9.18. The van der Waals surface area contributed by atoms with Crippen molar-refractivity contribution in [1.82, 2.24) is 0 Å². The minimum absolute atomic E-state index is 1.00. The fourth-order valence-corrected chi connectivity index (χ4v) is 5.18. The Morgan fingerprint density at radius 3 is 2.57 bits per heavy atom. The summed E-state index contributed by atoms with van der Waals surface area (Å²) in [4.78, 5) is 0. The fourth-order valence-electron chi connectivity index (χ4n) is 4.26. The quantitative estimate of drug-likeness (QED) is 0.185. The zero-order valence-electron chi connectivity index (χ0n) is 17.7. The standard InChI is InChI=1S/C29H27I/c1-4-6-8-11-21(5-2)23-14-16-25-20(3)27-18-24(22-12-9-7-10-13-22)15-17-26(27)29(30)28(25)19-23/h4,6,8-9,11-19H,1,5,7,10H2,2-3H3/b8-6-,21-11+. The molecule has 0 nitrogen and oxygen atoms in total. The molecule has 0 radical (unpaired) electrons. The lowest BCUT2D eigenvalue weighted by Gasteiger charge is -2.15. The summed E-state index contributed by atoms with van der Waals surface area (Å²) in [7, 11) is 0. The van der Waals surface area contributed by atoms with Crippen LogP contribution in [0.4, 0.5) is 0 Å². The number of benzene rings is 3. The van der Waals surface area contributed by atoms with Gasteiger partial charge in [0.15, 0.2) is 0 Å². The van der Waals surface area contributed by atoms with Gasteiger partial charge in [-0.2, -0.15) is 0 Å². The summed E-state index contributed by atoms with van der Waals surface area (Å²) in [5, 5.41) is 5.39. The zero-order valence-corrected chi connectivity index (χ0v) is 19.9. The van der Waals surface area contributed by atoms with E-state index in [2.05, 4.69) is 110 Å². The zero-order chi connectivity index (χ0) is 21.1. The van der Waals surface area contributed by atoms with Gasteiger partial charge >= 0.3 is 0 Å². The van der Waals surface area contributed by atoms with Crippen LogP contribution in [-0.2, 0) is 0 Å². The monoisotopic (exact) mass is 502 g/mol. The Morgan fingerprint density at radius 1 is 1.00 bits per heavy atom. The number of rotatable bonds is 5. The van der Waals surface area contributed by atoms with Gasteiger partial charge in [0.1, 0.15) is 0 Å². The normalized spacial score (nSPS) is 14.6. The first-order valence-corrected chi connectivity index (χ1v) is 11.7. The van der Waals surface area contributed by atoms with Gasteiger partial charge in [-0.1, -0.05) is 80.3 Å². The highest BCUT2D eigenvalue weighted by Gasteiger charge is 2.13. The van der Waals surface area contributed by atoms with Crippen molar-refractivity contribution in [3.8, 4) is 0 Å². The maximum absolute atomic E-state index is 3.76. The summed E-state index contributed by atoms with van der Waals surface area (Å²) in [6, 6.07) is 13.9. The maximum atomic E-state index is 3.76. The molecule has 30 heavy (non-hydrogen) atoms. The molecule has 4 rings (SSSR count). The van der Waals surface area contributed by atoms with Crippen molar-refractivity contribution >= 4 is 55.3 Å². The molecule has 1 aliphatic rings. The van der Waals surface area contributed by atoms with E-state index in [1.165, 1.54) is 53.0 Å². The van der Waals surface area contributed by atoms with Gasteiger partial charge in [-0.3, -0.25) is 0 Å². The number of hydrogen-bond donors (Lipinski definition) is 0. The highest BCUT2D eigenvalue weighted by Crippen LogP contribution is 2.37. The first-order valence-electron chi connectivity index (χ1n) is 10.6. The highest BCUT2D eigenvalue weighted by atomic mass is 127. The van der Waals surface area contributed by atoms with E-state index < -0.39 is 0 Å². The summed E-state index contributed by atoms with van der Waals surface area (Å²) in [6.45, 7) is 8.23. The molecule has 1 heteroatoms. The molecule has 0 aromatic heterocycles. The highest BCUT2D eigenvalue weighted by molar-refractivity contribution is 14.1. The third kappa shape index (κ3) is 3.96. The predicted molar refractivity (Wildman–Crippen MR) is 143 cm³/mol. The molecule has 3 aromatic carbocycles. The molecule has 1 aliphatic carbocycles. The third-order valence-electron chi connectivity index (χ3n) is 5.94. The summed E-state index contributed by atoms with van der Waals surface area (Å²) in [6.07, 6.45) is 18.2. The molecule has 3 aromatic rings. The summed E-state index contributed by atoms with van der Waals surface area (Å²) in [5.74, 6) is 0. The first-order chi connectivity index (χ1) is 14.6. The number of hydrogen-bond acceptors (Lipinski definition) is 0. The number of fused-ring (bicyclic) bond motifs is 2. The average molecular weight is 502 g/mol. The van der Waals surface area contributed by atoms with Crippen molar-refractivity contribution in [2.24, 2.45) is 0 Å². The molecule has 150 valence electrons. The van der Waals surface area contributed by atoms with Crippen LogP contribution in [0.15, 0.2) is 85.5 Å². The van der Waals surface area contributed by atoms with Gasteiger partial charge in [0.25, 0.3) is 0 Å². The first kappa shape index (κ1) is 20.9. The van der Waals surface area contributed by atoms with E-state index in [4.69, 9.17) is 0 Å². The van der Waals surface area contributed by atoms with Crippen LogP contribution in [0.3, 0.4) is 0 Å². The topological polar surface area (TPSA) is 0 Å². The molecular formula is C29H27I. The van der Waals surface area contributed by atoms with Gasteiger partial charge in [0, 0.05) is 3.57 Å². The molecule has 0 aliphatic heterocycles. The van der Waals surface area contributed by atoms with Crippen molar-refractivity contribution in [2.75, 3.05) is 0 Å². The summed E-state index contributed by atoms with van der Waals surface area (Å²) in [5.41, 5.74) is 6.67. The van der Waals surface area contributed by atoms with Crippen molar-refractivity contribution < 1.29 is 0 Å². The smallest absolute Gasteiger partial charge is 0.0287 e. The van der Waals surface area contributed by atoms with Crippen molar-refractivity contribution in [1.29, 1.82) is 0 Å². The Hall–Kier alpha value is -2.39. The molecule has 0 N–H and O–H groups in total. The van der Waals surface area contributed by atoms with Crippen LogP contribution in [0.5, 0.6) is 0 Å². The molecule has 0 bridgehead atoms. The van der Waals surface area contributed by atoms with Crippen LogP contribution in [0.25, 0.3) is 32.7 Å². The van der Waals surface area contributed by atoms with Crippen LogP contribution in [0.1, 0.15) is 42.9 Å². The van der Waals surface area contributed by atoms with Crippen LogP contribution in [-0.4, -0.2) is 0 Å². The van der Waals surface area contributed by atoms with Gasteiger partial charge in [-0.05, 0) is 110 Å². The Kier molecular flexibility index (Phi) is 6.38. The molecule has 0 amide bonds. The van der Waals surface area contributed by atoms with Gasteiger partial charge in [0.2, 0.25) is 0 Å². The molecule has 0 spiro atoms. The van der Waals surface area contributed by atoms with Crippen LogP contribution in [0, 0.1) is 10.5 Å². The van der Waals surface area contributed by atoms with E-state index in [0.717, 1.165) is 19.3 Å². The molecule has 0 saturated carbocycles. The second-order valence-corrected chi connectivity index (χ2v) is 8.84. The lowest BCUT2D eigenvalue weighted by molar-refractivity contribution is 1.04. The van der Waals surface area contributed by atoms with Gasteiger partial charge in [-0.25, -0.2) is 0 Å². The minimum Gasteiger partial charge on any atom is -0.0991 e. The van der Waals surface area contributed by atoms with E-state index in [1.807, 2.05) is 12.2 Å². The number of aryl methyl sites for hydroxylation is 1. The van der Waals surface area contributed by atoms with Crippen LogP contribution < -0.4 is 0 Å². The van der Waals surface area contributed by atoms with Crippen molar-refractivity contribution in [3.63, 3.8) is 0 Å². The minimum atomic E-state index is 1.00. The predicted octanol–water partition coefficient (Wildman–Crippen LogP) is 9.18.